The fourth-order valence-electron chi connectivity index (χ4n) is 0. The Morgan fingerprint density at radius 2 is 1.14 bits per heavy atom. The summed E-state index contributed by atoms with van der Waals surface area (Å²) in [6, 6.07) is 0. The van der Waals surface area contributed by atoms with Crippen LogP contribution in [0.5, 0.6) is 0 Å². The van der Waals surface area contributed by atoms with Gasteiger partial charge < -0.3 is 19.2 Å². The van der Waals surface area contributed by atoms with E-state index in [0.717, 1.165) is 0 Å². The molecule has 0 aromatic carbocycles. The molecule has 0 saturated carbocycles. The van der Waals surface area contributed by atoms with Gasteiger partial charge in [0.05, 0.1) is 0 Å². The number of rotatable bonds is 0. The van der Waals surface area contributed by atoms with Crippen LogP contribution in [0.25, 0.3) is 0 Å². The van der Waals surface area contributed by atoms with Crippen molar-refractivity contribution in [3.63, 3.8) is 0 Å². The fraction of sp³-hybridized carbons (Fsp3) is 0. The van der Waals surface area contributed by atoms with E-state index in [2.05, 4.69) is 0 Å². The Morgan fingerprint density at radius 1 is 1.14 bits per heavy atom. The minimum atomic E-state index is -5.39. The maximum absolute atomic E-state index is 8.55. The molecule has 0 heterocycles. The third-order valence-corrected chi connectivity index (χ3v) is 0. The van der Waals surface area contributed by atoms with Crippen LogP contribution in [0, 0.1) is 0 Å². The third kappa shape index (κ3) is 146. The maximum Gasteiger partial charge on any atom is 3.00 e. The van der Waals surface area contributed by atoms with Crippen LogP contribution in [0.3, 0.4) is 0 Å². The van der Waals surface area contributed by atoms with Gasteiger partial charge in [0.2, 0.25) is 0 Å². The molecule has 0 fully saturated rings. The summed E-state index contributed by atoms with van der Waals surface area (Å²) < 4.78 is 8.55. The molecule has 7 heteroatoms. The first-order valence-electron chi connectivity index (χ1n) is 0.730. The number of phosphoric acid groups is 1. The van der Waals surface area contributed by atoms with Crippen molar-refractivity contribution in [2.45, 2.75) is 0 Å². The van der Waals surface area contributed by atoms with Gasteiger partial charge in [-0.05, 0) is 0 Å². The largest absolute Gasteiger partial charge is 3.00 e. The van der Waals surface area contributed by atoms with Crippen molar-refractivity contribution in [2.75, 3.05) is 0 Å². The molecule has 0 aliphatic carbocycles. The Hall–Kier alpha value is 1.14. The van der Waals surface area contributed by atoms with E-state index in [9.17, 15) is 0 Å². The maximum atomic E-state index is 8.55. The van der Waals surface area contributed by atoms with Gasteiger partial charge in [0.1, 0.15) is 0 Å². The van der Waals surface area contributed by atoms with Crippen molar-refractivity contribution in [3.05, 3.63) is 0 Å². The Bertz CT molecular complexity index is 57.8. The second-order valence-electron chi connectivity index (χ2n) is 0.447. The smallest absolute Gasteiger partial charge is 0.822 e. The summed E-state index contributed by atoms with van der Waals surface area (Å²) in [5.41, 5.74) is 0. The Morgan fingerprint density at radius 3 is 1.14 bits per heavy atom. The Kier molecular flexibility index (Phi) is 11.8. The van der Waals surface area contributed by atoms with E-state index >= 15 is 0 Å². The fourth-order valence-corrected chi connectivity index (χ4v) is 0. The molecular formula is AlNiO4P+2. The minimum absolute atomic E-state index is 0. The molecule has 0 aromatic heterocycles. The molecule has 40 valence electrons. The van der Waals surface area contributed by atoms with Crippen LogP contribution < -0.4 is 14.7 Å². The summed E-state index contributed by atoms with van der Waals surface area (Å²) in [6.45, 7) is 0. The Labute approximate surface area is 61.2 Å². The van der Waals surface area contributed by atoms with E-state index in [0.29, 0.717) is 0 Å². The van der Waals surface area contributed by atoms with Gasteiger partial charge in [0.15, 0.2) is 0 Å². The average Bonchev–Trinajstić information content (AvgIpc) is 0.722. The minimum Gasteiger partial charge on any atom is -0.822 e. The van der Waals surface area contributed by atoms with Gasteiger partial charge in [0.25, 0.3) is 0 Å². The molecule has 0 N–H and O–H groups in total. The summed E-state index contributed by atoms with van der Waals surface area (Å²) >= 11 is 0. The van der Waals surface area contributed by atoms with Crippen LogP contribution in [0.15, 0.2) is 0 Å². The van der Waals surface area contributed by atoms with E-state index in [1.54, 1.807) is 0 Å². The third-order valence-electron chi connectivity index (χ3n) is 0. The molecule has 0 amide bonds. The second kappa shape index (κ2) is 5.28. The molecule has 0 saturated heterocycles. The van der Waals surface area contributed by atoms with Gasteiger partial charge in [-0.2, -0.15) is 7.82 Å². The van der Waals surface area contributed by atoms with Crippen molar-refractivity contribution in [1.82, 2.24) is 0 Å². The van der Waals surface area contributed by atoms with Crippen LogP contribution in [-0.4, -0.2) is 17.4 Å². The van der Waals surface area contributed by atoms with Gasteiger partial charge in [-0.1, -0.05) is 0 Å². The van der Waals surface area contributed by atoms with Crippen LogP contribution in [0.1, 0.15) is 0 Å². The van der Waals surface area contributed by atoms with E-state index in [4.69, 9.17) is 19.2 Å². The van der Waals surface area contributed by atoms with Crippen molar-refractivity contribution in [2.24, 2.45) is 0 Å². The zero-order valence-electron chi connectivity index (χ0n) is 2.97. The topological polar surface area (TPSA) is 86.2 Å². The number of hydrogen-bond acceptors (Lipinski definition) is 4. The Balaban J connectivity index is -0.0000000800. The first-order valence-corrected chi connectivity index (χ1v) is 2.19. The first kappa shape index (κ1) is 15.7. The summed E-state index contributed by atoms with van der Waals surface area (Å²) in [6.07, 6.45) is 0. The quantitative estimate of drug-likeness (QED) is 0.290. The molecule has 0 aromatic rings. The van der Waals surface area contributed by atoms with Crippen LogP contribution in [0.2, 0.25) is 0 Å². The summed E-state index contributed by atoms with van der Waals surface area (Å²) in [5, 5.41) is 0. The zero-order valence-corrected chi connectivity index (χ0v) is 6.01. The molecule has 0 radical (unpaired) electrons. The SMILES string of the molecule is O=P([O-])([O-])[O-].[Al+3].[Ni+2]. The van der Waals surface area contributed by atoms with Crippen molar-refractivity contribution >= 4 is 25.2 Å². The van der Waals surface area contributed by atoms with Crippen molar-refractivity contribution in [1.29, 1.82) is 0 Å². The second-order valence-corrected chi connectivity index (χ2v) is 1.34. The molecule has 0 unspecified atom stereocenters. The molecule has 0 spiro atoms. The zero-order chi connectivity index (χ0) is 4.50. The van der Waals surface area contributed by atoms with Crippen LogP contribution in [-0.2, 0) is 21.1 Å². The predicted molar refractivity (Wildman–Crippen MR) is 13.4 cm³/mol. The van der Waals surface area contributed by atoms with Crippen LogP contribution >= 0.6 is 7.82 Å². The van der Waals surface area contributed by atoms with Crippen molar-refractivity contribution in [3.8, 4) is 0 Å². The normalized spacial score (nSPS) is 8.43. The molecule has 7 heavy (non-hydrogen) atoms. The van der Waals surface area contributed by atoms with Crippen LogP contribution in [0.4, 0.5) is 0 Å². The predicted octanol–water partition coefficient (Wildman–Crippen LogP) is -3.21. The summed E-state index contributed by atoms with van der Waals surface area (Å²) in [7, 11) is -5.39. The molecule has 4 nitrogen and oxygen atoms in total. The van der Waals surface area contributed by atoms with Gasteiger partial charge in [-0.15, -0.1) is 0 Å². The first-order chi connectivity index (χ1) is 2.00. The molecule has 0 rings (SSSR count). The number of hydrogen-bond donors (Lipinski definition) is 0. The average molecular weight is 181 g/mol. The standard InChI is InChI=1S/Al.Ni.H3O4P/c;;1-5(2,3)4/h;;(H3,1,2,3,4)/q+3;+2;/p-3. The molecule has 0 aliphatic heterocycles. The summed E-state index contributed by atoms with van der Waals surface area (Å²) in [5.74, 6) is 0. The monoisotopic (exact) mass is 180 g/mol. The summed E-state index contributed by atoms with van der Waals surface area (Å²) in [4.78, 5) is 25.6. The molecule has 0 aliphatic rings. The van der Waals surface area contributed by atoms with Gasteiger partial charge in [-0.3, -0.25) is 0 Å². The van der Waals surface area contributed by atoms with E-state index in [1.165, 1.54) is 0 Å². The molecule has 0 bridgehead atoms. The van der Waals surface area contributed by atoms with E-state index in [-0.39, 0.29) is 33.9 Å². The molecule has 0 atom stereocenters. The van der Waals surface area contributed by atoms with E-state index in [1.807, 2.05) is 0 Å². The molecular weight excluding hydrogens is 181 g/mol. The van der Waals surface area contributed by atoms with Gasteiger partial charge >= 0.3 is 33.9 Å². The van der Waals surface area contributed by atoms with Crippen molar-refractivity contribution < 1.29 is 35.7 Å². The van der Waals surface area contributed by atoms with E-state index < -0.39 is 7.82 Å². The van der Waals surface area contributed by atoms with Gasteiger partial charge in [-0.25, -0.2) is 0 Å². The van der Waals surface area contributed by atoms with Gasteiger partial charge in [0, 0.05) is 0 Å².